The number of hydrogen-bond acceptors (Lipinski definition) is 2. The predicted octanol–water partition coefficient (Wildman–Crippen LogP) is 4.65. The minimum absolute atomic E-state index is 0.658. The maximum Gasteiger partial charge on any atom is 0.126 e. The third-order valence-corrected chi connectivity index (χ3v) is 3.50. The van der Waals surface area contributed by atoms with Gasteiger partial charge in [-0.2, -0.15) is 0 Å². The molecular weight excluding hydrogens is 282 g/mol. The Balaban J connectivity index is 1.78. The van der Waals surface area contributed by atoms with Crippen molar-refractivity contribution in [2.45, 2.75) is 13.5 Å². The van der Waals surface area contributed by atoms with Crippen LogP contribution in [0.4, 0.5) is 5.69 Å². The first-order valence-corrected chi connectivity index (χ1v) is 7.20. The van der Waals surface area contributed by atoms with Gasteiger partial charge in [0.1, 0.15) is 5.82 Å². The van der Waals surface area contributed by atoms with Gasteiger partial charge in [0, 0.05) is 22.0 Å². The van der Waals surface area contributed by atoms with Crippen LogP contribution in [0.5, 0.6) is 0 Å². The summed E-state index contributed by atoms with van der Waals surface area (Å²) < 4.78 is 0. The smallest absolute Gasteiger partial charge is 0.126 e. The molecule has 0 aliphatic carbocycles. The van der Waals surface area contributed by atoms with E-state index in [4.69, 9.17) is 11.6 Å². The first kappa shape index (κ1) is 13.7. The zero-order valence-corrected chi connectivity index (χ0v) is 12.5. The number of imidazole rings is 1. The molecular formula is C17H16ClN3. The van der Waals surface area contributed by atoms with Crippen LogP contribution in [0.25, 0.3) is 11.3 Å². The minimum atomic E-state index is 0.658. The van der Waals surface area contributed by atoms with E-state index in [0.29, 0.717) is 6.54 Å². The molecule has 0 aliphatic rings. The lowest BCUT2D eigenvalue weighted by Crippen LogP contribution is -2.00. The quantitative estimate of drug-likeness (QED) is 0.736. The molecule has 106 valence electrons. The molecule has 0 radical (unpaired) electrons. The van der Waals surface area contributed by atoms with Crippen molar-refractivity contribution < 1.29 is 0 Å². The number of nitrogens with one attached hydrogen (secondary N) is 2. The molecule has 3 rings (SSSR count). The number of aromatic amines is 1. The molecule has 4 heteroatoms. The highest BCUT2D eigenvalue weighted by Gasteiger charge is 2.09. The van der Waals surface area contributed by atoms with Crippen molar-refractivity contribution >= 4 is 17.3 Å². The largest absolute Gasteiger partial charge is 0.378 e. The zero-order valence-electron chi connectivity index (χ0n) is 11.7. The molecule has 0 unspecified atom stereocenters. The SMILES string of the molecule is Cc1[nH]c(CNc2ccccc2)nc1-c1cccc(Cl)c1. The summed E-state index contributed by atoms with van der Waals surface area (Å²) in [6.07, 6.45) is 0. The lowest BCUT2D eigenvalue weighted by Gasteiger charge is -2.03. The van der Waals surface area contributed by atoms with Crippen LogP contribution >= 0.6 is 11.6 Å². The van der Waals surface area contributed by atoms with Gasteiger partial charge in [0.15, 0.2) is 0 Å². The molecule has 1 aromatic heterocycles. The van der Waals surface area contributed by atoms with E-state index in [9.17, 15) is 0 Å². The van der Waals surface area contributed by atoms with E-state index < -0.39 is 0 Å². The minimum Gasteiger partial charge on any atom is -0.378 e. The van der Waals surface area contributed by atoms with Crippen LogP contribution in [-0.2, 0) is 6.54 Å². The summed E-state index contributed by atoms with van der Waals surface area (Å²) in [5.41, 5.74) is 4.10. The van der Waals surface area contributed by atoms with E-state index in [0.717, 1.165) is 33.5 Å². The maximum atomic E-state index is 6.04. The van der Waals surface area contributed by atoms with Crippen molar-refractivity contribution in [3.05, 3.63) is 71.1 Å². The molecule has 0 fully saturated rings. The van der Waals surface area contributed by atoms with Gasteiger partial charge >= 0.3 is 0 Å². The number of aromatic nitrogens is 2. The Labute approximate surface area is 129 Å². The topological polar surface area (TPSA) is 40.7 Å². The number of nitrogens with zero attached hydrogens (tertiary/aromatic N) is 1. The van der Waals surface area contributed by atoms with Crippen molar-refractivity contribution in [3.63, 3.8) is 0 Å². The molecule has 2 aromatic carbocycles. The second kappa shape index (κ2) is 6.02. The first-order chi connectivity index (χ1) is 10.2. The zero-order chi connectivity index (χ0) is 14.7. The van der Waals surface area contributed by atoms with E-state index >= 15 is 0 Å². The first-order valence-electron chi connectivity index (χ1n) is 6.83. The molecule has 3 nitrogen and oxygen atoms in total. The molecule has 0 bridgehead atoms. The maximum absolute atomic E-state index is 6.04. The number of rotatable bonds is 4. The van der Waals surface area contributed by atoms with Gasteiger partial charge in [-0.25, -0.2) is 4.98 Å². The number of hydrogen-bond donors (Lipinski definition) is 2. The highest BCUT2D eigenvalue weighted by atomic mass is 35.5. The molecule has 0 spiro atoms. The second-order valence-corrected chi connectivity index (χ2v) is 5.32. The average Bonchev–Trinajstić information content (AvgIpc) is 2.87. The van der Waals surface area contributed by atoms with Crippen LogP contribution in [-0.4, -0.2) is 9.97 Å². The van der Waals surface area contributed by atoms with Crippen LogP contribution in [0.3, 0.4) is 0 Å². The number of aryl methyl sites for hydroxylation is 1. The van der Waals surface area contributed by atoms with E-state index in [1.54, 1.807) is 0 Å². The van der Waals surface area contributed by atoms with Gasteiger partial charge in [-0.05, 0) is 31.2 Å². The Hall–Kier alpha value is -2.26. The molecule has 0 saturated carbocycles. The predicted molar refractivity (Wildman–Crippen MR) is 87.5 cm³/mol. The number of benzene rings is 2. The van der Waals surface area contributed by atoms with Gasteiger partial charge in [-0.3, -0.25) is 0 Å². The van der Waals surface area contributed by atoms with Crippen LogP contribution in [0.15, 0.2) is 54.6 Å². The van der Waals surface area contributed by atoms with Gasteiger partial charge in [0.05, 0.1) is 12.2 Å². The summed E-state index contributed by atoms with van der Waals surface area (Å²) in [4.78, 5) is 7.98. The van der Waals surface area contributed by atoms with Gasteiger partial charge in [0.25, 0.3) is 0 Å². The van der Waals surface area contributed by atoms with Gasteiger partial charge in [-0.15, -0.1) is 0 Å². The Morgan fingerprint density at radius 1 is 1.10 bits per heavy atom. The fraction of sp³-hybridized carbons (Fsp3) is 0.118. The summed E-state index contributed by atoms with van der Waals surface area (Å²) >= 11 is 6.04. The number of H-pyrrole nitrogens is 1. The van der Waals surface area contributed by atoms with E-state index in [1.165, 1.54) is 0 Å². The Morgan fingerprint density at radius 2 is 1.90 bits per heavy atom. The number of anilines is 1. The normalized spacial score (nSPS) is 10.6. The lowest BCUT2D eigenvalue weighted by molar-refractivity contribution is 0.993. The Morgan fingerprint density at radius 3 is 2.67 bits per heavy atom. The van der Waals surface area contributed by atoms with Gasteiger partial charge in [-0.1, -0.05) is 41.9 Å². The van der Waals surface area contributed by atoms with Crippen molar-refractivity contribution in [2.24, 2.45) is 0 Å². The third-order valence-electron chi connectivity index (χ3n) is 3.27. The van der Waals surface area contributed by atoms with Crippen LogP contribution in [0, 0.1) is 6.92 Å². The average molecular weight is 298 g/mol. The fourth-order valence-corrected chi connectivity index (χ4v) is 2.46. The summed E-state index contributed by atoms with van der Waals surface area (Å²) in [6, 6.07) is 17.8. The van der Waals surface area contributed by atoms with Crippen molar-refractivity contribution in [3.8, 4) is 11.3 Å². The monoisotopic (exact) mass is 297 g/mol. The highest BCUT2D eigenvalue weighted by Crippen LogP contribution is 2.24. The lowest BCUT2D eigenvalue weighted by atomic mass is 10.1. The fourth-order valence-electron chi connectivity index (χ4n) is 2.26. The molecule has 0 saturated heterocycles. The van der Waals surface area contributed by atoms with Crippen molar-refractivity contribution in [1.82, 2.24) is 9.97 Å². The Bertz CT molecular complexity index is 735. The Kier molecular flexibility index (Phi) is 3.93. The van der Waals surface area contributed by atoms with E-state index in [1.807, 2.05) is 61.5 Å². The molecule has 0 aliphatic heterocycles. The van der Waals surface area contributed by atoms with E-state index in [-0.39, 0.29) is 0 Å². The molecule has 2 N–H and O–H groups in total. The summed E-state index contributed by atoms with van der Waals surface area (Å²) in [6.45, 7) is 2.68. The van der Waals surface area contributed by atoms with Crippen molar-refractivity contribution in [1.29, 1.82) is 0 Å². The molecule has 0 atom stereocenters. The summed E-state index contributed by atoms with van der Waals surface area (Å²) in [5, 5.41) is 4.07. The number of para-hydroxylation sites is 1. The van der Waals surface area contributed by atoms with Gasteiger partial charge in [0.2, 0.25) is 0 Å². The molecule has 1 heterocycles. The van der Waals surface area contributed by atoms with Gasteiger partial charge < -0.3 is 10.3 Å². The van der Waals surface area contributed by atoms with Crippen LogP contribution < -0.4 is 5.32 Å². The third kappa shape index (κ3) is 3.26. The summed E-state index contributed by atoms with van der Waals surface area (Å²) in [5.74, 6) is 0.909. The standard InChI is InChI=1S/C17H16ClN3/c1-12-17(13-6-5-7-14(18)10-13)21-16(20-12)11-19-15-8-3-2-4-9-15/h2-10,19H,11H2,1H3,(H,20,21). The van der Waals surface area contributed by atoms with Crippen LogP contribution in [0.1, 0.15) is 11.5 Å². The number of halogens is 1. The van der Waals surface area contributed by atoms with Crippen LogP contribution in [0.2, 0.25) is 5.02 Å². The molecule has 3 aromatic rings. The molecule has 0 amide bonds. The second-order valence-electron chi connectivity index (χ2n) is 4.89. The summed E-state index contributed by atoms with van der Waals surface area (Å²) in [7, 11) is 0. The highest BCUT2D eigenvalue weighted by molar-refractivity contribution is 6.30. The van der Waals surface area contributed by atoms with E-state index in [2.05, 4.69) is 15.3 Å². The molecule has 21 heavy (non-hydrogen) atoms. The van der Waals surface area contributed by atoms with Crippen molar-refractivity contribution in [2.75, 3.05) is 5.32 Å².